The standard InChI is InChI=1S/C10H10F2N2S/c11-7-2-3-9(8(12)6-7)14-10-13-4-1-5-15-10/h2-3,6H,1,4-5H2,(H,13,14). The maximum Gasteiger partial charge on any atom is 0.161 e. The maximum atomic E-state index is 13.2. The predicted octanol–water partition coefficient (Wildman–Crippen LogP) is 2.87. The number of amidine groups is 1. The fourth-order valence-electron chi connectivity index (χ4n) is 1.24. The minimum absolute atomic E-state index is 0.268. The Morgan fingerprint density at radius 3 is 2.87 bits per heavy atom. The van der Waals surface area contributed by atoms with Crippen LogP contribution in [0.4, 0.5) is 14.5 Å². The van der Waals surface area contributed by atoms with Gasteiger partial charge < -0.3 is 5.32 Å². The molecule has 0 unspecified atom stereocenters. The van der Waals surface area contributed by atoms with Gasteiger partial charge in [0, 0.05) is 18.4 Å². The quantitative estimate of drug-likeness (QED) is 0.799. The number of halogens is 2. The van der Waals surface area contributed by atoms with Crippen molar-refractivity contribution in [2.75, 3.05) is 17.6 Å². The topological polar surface area (TPSA) is 24.4 Å². The van der Waals surface area contributed by atoms with Crippen LogP contribution in [0, 0.1) is 11.6 Å². The van der Waals surface area contributed by atoms with Gasteiger partial charge >= 0.3 is 0 Å². The lowest BCUT2D eigenvalue weighted by Gasteiger charge is -2.13. The lowest BCUT2D eigenvalue weighted by molar-refractivity contribution is 0.586. The van der Waals surface area contributed by atoms with Gasteiger partial charge in [0.15, 0.2) is 5.17 Å². The van der Waals surface area contributed by atoms with Gasteiger partial charge in [0.25, 0.3) is 0 Å². The summed E-state index contributed by atoms with van der Waals surface area (Å²) >= 11 is 1.55. The van der Waals surface area contributed by atoms with Crippen LogP contribution in [0.25, 0.3) is 0 Å². The molecule has 0 aromatic heterocycles. The molecule has 0 fully saturated rings. The third-order valence-electron chi connectivity index (χ3n) is 1.97. The Labute approximate surface area is 90.8 Å². The van der Waals surface area contributed by atoms with Crippen molar-refractivity contribution in [1.29, 1.82) is 0 Å². The molecular weight excluding hydrogens is 218 g/mol. The summed E-state index contributed by atoms with van der Waals surface area (Å²) in [6.45, 7) is 0.762. The summed E-state index contributed by atoms with van der Waals surface area (Å²) in [5, 5.41) is 3.55. The second kappa shape index (κ2) is 4.61. The van der Waals surface area contributed by atoms with E-state index in [0.717, 1.165) is 24.8 Å². The highest BCUT2D eigenvalue weighted by Crippen LogP contribution is 2.19. The molecule has 0 radical (unpaired) electrons. The molecular formula is C10H10F2N2S. The first kappa shape index (κ1) is 10.4. The van der Waals surface area contributed by atoms with Crippen LogP contribution >= 0.6 is 11.8 Å². The van der Waals surface area contributed by atoms with Gasteiger partial charge in [-0.25, -0.2) is 8.78 Å². The third kappa shape index (κ3) is 2.68. The number of thioether (sulfide) groups is 1. The van der Waals surface area contributed by atoms with Gasteiger partial charge in [0.05, 0.1) is 5.69 Å². The molecule has 0 saturated heterocycles. The molecule has 0 saturated carbocycles. The number of rotatable bonds is 1. The Kier molecular flexibility index (Phi) is 3.20. The van der Waals surface area contributed by atoms with E-state index in [9.17, 15) is 8.78 Å². The fourth-order valence-corrected chi connectivity index (χ4v) is 2.07. The molecule has 1 aliphatic rings. The maximum absolute atomic E-state index is 13.2. The first-order valence-electron chi connectivity index (χ1n) is 4.65. The average molecular weight is 228 g/mol. The van der Waals surface area contributed by atoms with E-state index >= 15 is 0 Å². The molecule has 1 heterocycles. The van der Waals surface area contributed by atoms with Gasteiger partial charge in [-0.2, -0.15) is 0 Å². The van der Waals surface area contributed by atoms with Gasteiger partial charge in [-0.1, -0.05) is 11.8 Å². The van der Waals surface area contributed by atoms with E-state index in [-0.39, 0.29) is 5.69 Å². The Hall–Kier alpha value is -1.10. The van der Waals surface area contributed by atoms with E-state index in [1.54, 1.807) is 11.8 Å². The second-order valence-electron chi connectivity index (χ2n) is 3.14. The minimum atomic E-state index is -0.594. The number of nitrogens with one attached hydrogen (secondary N) is 1. The van der Waals surface area contributed by atoms with Crippen molar-refractivity contribution in [3.05, 3.63) is 29.8 Å². The van der Waals surface area contributed by atoms with Crippen molar-refractivity contribution >= 4 is 22.6 Å². The summed E-state index contributed by atoms with van der Waals surface area (Å²) in [7, 11) is 0. The number of anilines is 1. The Bertz CT molecular complexity index is 393. The van der Waals surface area contributed by atoms with Crippen LogP contribution in [0.3, 0.4) is 0 Å². The number of nitrogens with zero attached hydrogens (tertiary/aromatic N) is 1. The Morgan fingerprint density at radius 1 is 1.33 bits per heavy atom. The second-order valence-corrected chi connectivity index (χ2v) is 4.22. The van der Waals surface area contributed by atoms with Crippen molar-refractivity contribution in [1.82, 2.24) is 0 Å². The van der Waals surface area contributed by atoms with Gasteiger partial charge in [-0.3, -0.25) is 4.99 Å². The lowest BCUT2D eigenvalue weighted by atomic mass is 10.3. The molecule has 0 bridgehead atoms. The summed E-state index contributed by atoms with van der Waals surface area (Å²) in [4.78, 5) is 4.20. The van der Waals surface area contributed by atoms with Crippen molar-refractivity contribution in [3.8, 4) is 0 Å². The van der Waals surface area contributed by atoms with Gasteiger partial charge in [0.1, 0.15) is 11.6 Å². The van der Waals surface area contributed by atoms with Crippen molar-refractivity contribution in [2.24, 2.45) is 4.99 Å². The lowest BCUT2D eigenvalue weighted by Crippen LogP contribution is -2.14. The molecule has 0 aliphatic carbocycles. The molecule has 1 aromatic carbocycles. The minimum Gasteiger partial charge on any atom is -0.333 e. The van der Waals surface area contributed by atoms with Gasteiger partial charge in [0.2, 0.25) is 0 Å². The van der Waals surface area contributed by atoms with Crippen LogP contribution in [0.15, 0.2) is 23.2 Å². The molecule has 80 valence electrons. The largest absolute Gasteiger partial charge is 0.333 e. The summed E-state index contributed by atoms with van der Waals surface area (Å²) in [6.07, 6.45) is 1.04. The first-order valence-corrected chi connectivity index (χ1v) is 5.63. The molecule has 2 nitrogen and oxygen atoms in total. The van der Waals surface area contributed by atoms with Crippen molar-refractivity contribution in [2.45, 2.75) is 6.42 Å². The van der Waals surface area contributed by atoms with Crippen molar-refractivity contribution < 1.29 is 8.78 Å². The van der Waals surface area contributed by atoms with E-state index in [2.05, 4.69) is 10.3 Å². The number of hydrogen-bond donors (Lipinski definition) is 1. The molecule has 2 rings (SSSR count). The highest BCUT2D eigenvalue weighted by atomic mass is 32.2. The number of benzene rings is 1. The molecule has 15 heavy (non-hydrogen) atoms. The smallest absolute Gasteiger partial charge is 0.161 e. The zero-order chi connectivity index (χ0) is 10.7. The van der Waals surface area contributed by atoms with Crippen LogP contribution in [0.1, 0.15) is 6.42 Å². The van der Waals surface area contributed by atoms with Gasteiger partial charge in [-0.05, 0) is 18.6 Å². The summed E-state index contributed by atoms with van der Waals surface area (Å²) in [5.41, 5.74) is 0.268. The first-order chi connectivity index (χ1) is 7.25. The van der Waals surface area contributed by atoms with Crippen molar-refractivity contribution in [3.63, 3.8) is 0 Å². The normalized spacial score (nSPS) is 16.0. The van der Waals surface area contributed by atoms with Gasteiger partial charge in [-0.15, -0.1) is 0 Å². The average Bonchev–Trinajstić information content (AvgIpc) is 2.24. The van der Waals surface area contributed by atoms with Crippen LogP contribution in [0.5, 0.6) is 0 Å². The van der Waals surface area contributed by atoms with E-state index in [1.807, 2.05) is 0 Å². The third-order valence-corrected chi connectivity index (χ3v) is 2.97. The summed E-state index contributed by atoms with van der Waals surface area (Å²) in [5.74, 6) is -0.186. The molecule has 1 aliphatic heterocycles. The fraction of sp³-hybridized carbons (Fsp3) is 0.300. The van der Waals surface area contributed by atoms with Crippen LogP contribution < -0.4 is 5.32 Å². The number of hydrogen-bond acceptors (Lipinski definition) is 3. The van der Waals surface area contributed by atoms with E-state index in [4.69, 9.17) is 0 Å². The molecule has 0 amide bonds. The summed E-state index contributed by atoms with van der Waals surface area (Å²) < 4.78 is 25.9. The van der Waals surface area contributed by atoms with E-state index in [0.29, 0.717) is 5.17 Å². The molecule has 1 aromatic rings. The zero-order valence-corrected chi connectivity index (χ0v) is 8.78. The molecule has 0 atom stereocenters. The highest BCUT2D eigenvalue weighted by molar-refractivity contribution is 8.14. The summed E-state index contributed by atoms with van der Waals surface area (Å²) in [6, 6.07) is 3.46. The SMILES string of the molecule is Fc1ccc(NC2=NCCCS2)c(F)c1. The predicted molar refractivity (Wildman–Crippen MR) is 59.4 cm³/mol. The Balaban J connectivity index is 2.13. The highest BCUT2D eigenvalue weighted by Gasteiger charge is 2.09. The monoisotopic (exact) mass is 228 g/mol. The van der Waals surface area contributed by atoms with E-state index in [1.165, 1.54) is 12.1 Å². The van der Waals surface area contributed by atoms with Crippen LogP contribution in [-0.4, -0.2) is 17.5 Å². The van der Waals surface area contributed by atoms with Crippen LogP contribution in [-0.2, 0) is 0 Å². The molecule has 1 N–H and O–H groups in total. The zero-order valence-electron chi connectivity index (χ0n) is 7.96. The number of aliphatic imine (C=N–C) groups is 1. The van der Waals surface area contributed by atoms with E-state index < -0.39 is 11.6 Å². The molecule has 5 heteroatoms. The Morgan fingerprint density at radius 2 is 2.20 bits per heavy atom. The van der Waals surface area contributed by atoms with Crippen LogP contribution in [0.2, 0.25) is 0 Å². The molecule has 0 spiro atoms.